The van der Waals surface area contributed by atoms with Crippen LogP contribution in [-0.2, 0) is 4.79 Å². The number of hydrogen-bond donors (Lipinski definition) is 3. The highest BCUT2D eigenvalue weighted by molar-refractivity contribution is 5.93. The molecule has 0 aromatic carbocycles. The number of carboxylic acids is 1. The molecule has 0 aliphatic carbocycles. The average Bonchev–Trinajstić information content (AvgIpc) is 2.29. The Kier molecular flexibility index (Phi) is 3.97. The van der Waals surface area contributed by atoms with Gasteiger partial charge in [-0.15, -0.1) is 0 Å². The lowest BCUT2D eigenvalue weighted by atomic mass is 10.00. The quantitative estimate of drug-likeness (QED) is 0.721. The van der Waals surface area contributed by atoms with Crippen LogP contribution in [0.2, 0.25) is 0 Å². The van der Waals surface area contributed by atoms with Crippen molar-refractivity contribution in [1.82, 2.24) is 15.3 Å². The Labute approximate surface area is 98.3 Å². The minimum Gasteiger partial charge on any atom is -0.480 e. The van der Waals surface area contributed by atoms with Gasteiger partial charge < -0.3 is 15.7 Å². The molecule has 1 rings (SSSR count). The summed E-state index contributed by atoms with van der Waals surface area (Å²) in [5, 5.41) is 13.8. The topological polar surface area (TPSA) is 104 Å². The van der Waals surface area contributed by atoms with Crippen molar-refractivity contribution in [3.63, 3.8) is 0 Å². The molecule has 0 saturated heterocycles. The van der Waals surface area contributed by atoms with Crippen LogP contribution in [0.4, 0.5) is 10.5 Å². The average molecular weight is 238 g/mol. The van der Waals surface area contributed by atoms with Gasteiger partial charge in [-0.1, -0.05) is 6.92 Å². The van der Waals surface area contributed by atoms with E-state index < -0.39 is 17.5 Å². The molecule has 0 aliphatic rings. The van der Waals surface area contributed by atoms with E-state index in [4.69, 9.17) is 5.11 Å². The van der Waals surface area contributed by atoms with Gasteiger partial charge in [0.15, 0.2) is 0 Å². The number of aromatic nitrogens is 2. The normalized spacial score (nSPS) is 13.5. The zero-order valence-corrected chi connectivity index (χ0v) is 9.60. The summed E-state index contributed by atoms with van der Waals surface area (Å²) in [5.74, 6) is -1.08. The number of rotatable bonds is 4. The van der Waals surface area contributed by atoms with Crippen molar-refractivity contribution in [3.8, 4) is 0 Å². The molecule has 1 heterocycles. The Bertz CT molecular complexity index is 409. The number of carbonyl (C=O) groups excluding carboxylic acids is 1. The number of urea groups is 1. The molecule has 1 atom stereocenters. The van der Waals surface area contributed by atoms with Gasteiger partial charge in [-0.3, -0.25) is 0 Å². The van der Waals surface area contributed by atoms with Crippen molar-refractivity contribution in [3.05, 3.63) is 18.7 Å². The van der Waals surface area contributed by atoms with E-state index >= 15 is 0 Å². The monoisotopic (exact) mass is 238 g/mol. The number of carboxylic acid groups (broad SMARTS) is 1. The van der Waals surface area contributed by atoms with Gasteiger partial charge in [-0.2, -0.15) is 0 Å². The molecular formula is C10H14N4O3. The minimum absolute atomic E-state index is 0.279. The Morgan fingerprint density at radius 1 is 1.41 bits per heavy atom. The molecule has 0 saturated carbocycles. The Balaban J connectivity index is 2.64. The van der Waals surface area contributed by atoms with Crippen molar-refractivity contribution < 1.29 is 14.7 Å². The van der Waals surface area contributed by atoms with E-state index in [2.05, 4.69) is 20.6 Å². The number of aliphatic carboxylic acids is 1. The first-order valence-corrected chi connectivity index (χ1v) is 5.05. The Hall–Kier alpha value is -2.18. The van der Waals surface area contributed by atoms with Gasteiger partial charge in [0.25, 0.3) is 0 Å². The number of nitrogens with one attached hydrogen (secondary N) is 2. The molecule has 0 spiro atoms. The summed E-state index contributed by atoms with van der Waals surface area (Å²) in [4.78, 5) is 30.0. The summed E-state index contributed by atoms with van der Waals surface area (Å²) in [6.45, 7) is 3.12. The molecule has 1 unspecified atom stereocenters. The fraction of sp³-hybridized carbons (Fsp3) is 0.400. The summed E-state index contributed by atoms with van der Waals surface area (Å²) in [6, 6.07) is -0.605. The van der Waals surface area contributed by atoms with Gasteiger partial charge in [-0.25, -0.2) is 19.6 Å². The molecule has 0 fully saturated rings. The predicted octanol–water partition coefficient (Wildman–Crippen LogP) is 0.851. The van der Waals surface area contributed by atoms with Crippen molar-refractivity contribution in [2.45, 2.75) is 25.8 Å². The Morgan fingerprint density at radius 3 is 2.47 bits per heavy atom. The number of anilines is 1. The maximum atomic E-state index is 11.6. The maximum Gasteiger partial charge on any atom is 0.329 e. The standard InChI is InChI=1S/C10H14N4O3/c1-3-10(2,8(15)16)14-9(17)13-7-4-11-6-12-5-7/h4-6H,3H2,1-2H3,(H,15,16)(H2,13,14,17). The highest BCUT2D eigenvalue weighted by Crippen LogP contribution is 2.10. The summed E-state index contributed by atoms with van der Waals surface area (Å²) >= 11 is 0. The molecule has 17 heavy (non-hydrogen) atoms. The van der Waals surface area contributed by atoms with Crippen LogP contribution >= 0.6 is 0 Å². The first-order chi connectivity index (χ1) is 7.98. The first kappa shape index (κ1) is 12.9. The largest absolute Gasteiger partial charge is 0.480 e. The number of nitrogens with zero attached hydrogens (tertiary/aromatic N) is 2. The van der Waals surface area contributed by atoms with E-state index in [1.165, 1.54) is 25.6 Å². The lowest BCUT2D eigenvalue weighted by Crippen LogP contribution is -2.53. The van der Waals surface area contributed by atoms with Crippen LogP contribution in [0, 0.1) is 0 Å². The summed E-state index contributed by atoms with van der Waals surface area (Å²) in [5.41, 5.74) is -0.895. The number of carbonyl (C=O) groups is 2. The van der Waals surface area contributed by atoms with Crippen LogP contribution < -0.4 is 10.6 Å². The van der Waals surface area contributed by atoms with E-state index in [0.717, 1.165) is 0 Å². The minimum atomic E-state index is -1.29. The molecule has 1 aromatic rings. The second-order valence-electron chi connectivity index (χ2n) is 3.70. The smallest absolute Gasteiger partial charge is 0.329 e. The maximum absolute atomic E-state index is 11.6. The van der Waals surface area contributed by atoms with Gasteiger partial charge >= 0.3 is 12.0 Å². The third-order valence-corrected chi connectivity index (χ3v) is 2.39. The summed E-state index contributed by atoms with van der Waals surface area (Å²) in [7, 11) is 0. The molecule has 3 N–H and O–H groups in total. The number of hydrogen-bond acceptors (Lipinski definition) is 4. The highest BCUT2D eigenvalue weighted by Gasteiger charge is 2.32. The van der Waals surface area contributed by atoms with Crippen LogP contribution in [0.15, 0.2) is 18.7 Å². The molecule has 2 amide bonds. The molecule has 0 bridgehead atoms. The van der Waals surface area contributed by atoms with Gasteiger partial charge in [0.1, 0.15) is 11.9 Å². The van der Waals surface area contributed by atoms with E-state index in [0.29, 0.717) is 5.69 Å². The summed E-state index contributed by atoms with van der Waals surface area (Å²) in [6.07, 6.45) is 4.44. The summed E-state index contributed by atoms with van der Waals surface area (Å²) < 4.78 is 0. The van der Waals surface area contributed by atoms with E-state index in [-0.39, 0.29) is 6.42 Å². The molecule has 0 radical (unpaired) electrons. The third-order valence-electron chi connectivity index (χ3n) is 2.39. The van der Waals surface area contributed by atoms with Crippen LogP contribution in [0.3, 0.4) is 0 Å². The van der Waals surface area contributed by atoms with Crippen LogP contribution in [0.25, 0.3) is 0 Å². The van der Waals surface area contributed by atoms with Crippen molar-refractivity contribution >= 4 is 17.7 Å². The molecule has 7 nitrogen and oxygen atoms in total. The van der Waals surface area contributed by atoms with Gasteiger partial charge in [0.2, 0.25) is 0 Å². The zero-order valence-electron chi connectivity index (χ0n) is 9.60. The van der Waals surface area contributed by atoms with Crippen molar-refractivity contribution in [2.75, 3.05) is 5.32 Å². The lowest BCUT2D eigenvalue weighted by Gasteiger charge is -2.24. The van der Waals surface area contributed by atoms with Crippen LogP contribution in [0.1, 0.15) is 20.3 Å². The molecule has 0 aliphatic heterocycles. The highest BCUT2D eigenvalue weighted by atomic mass is 16.4. The second kappa shape index (κ2) is 5.24. The first-order valence-electron chi connectivity index (χ1n) is 5.05. The molecule has 92 valence electrons. The fourth-order valence-corrected chi connectivity index (χ4v) is 1.07. The van der Waals surface area contributed by atoms with Crippen molar-refractivity contribution in [1.29, 1.82) is 0 Å². The molecular weight excluding hydrogens is 224 g/mol. The lowest BCUT2D eigenvalue weighted by molar-refractivity contribution is -0.143. The van der Waals surface area contributed by atoms with Crippen LogP contribution in [0.5, 0.6) is 0 Å². The third kappa shape index (κ3) is 3.40. The van der Waals surface area contributed by atoms with E-state index in [1.807, 2.05) is 0 Å². The zero-order chi connectivity index (χ0) is 12.9. The Morgan fingerprint density at radius 2 is 2.00 bits per heavy atom. The van der Waals surface area contributed by atoms with E-state index in [9.17, 15) is 9.59 Å². The molecule has 1 aromatic heterocycles. The van der Waals surface area contributed by atoms with Crippen LogP contribution in [-0.4, -0.2) is 32.6 Å². The molecule has 7 heteroatoms. The van der Waals surface area contributed by atoms with Crippen molar-refractivity contribution in [2.24, 2.45) is 0 Å². The predicted molar refractivity (Wildman–Crippen MR) is 60.5 cm³/mol. The van der Waals surface area contributed by atoms with Gasteiger partial charge in [-0.05, 0) is 13.3 Å². The van der Waals surface area contributed by atoms with Gasteiger partial charge in [0.05, 0.1) is 18.1 Å². The SMILES string of the molecule is CCC(C)(NC(=O)Nc1cncnc1)C(=O)O. The second-order valence-corrected chi connectivity index (χ2v) is 3.70. The number of amides is 2. The fourth-order valence-electron chi connectivity index (χ4n) is 1.07. The van der Waals surface area contributed by atoms with Gasteiger partial charge in [0, 0.05) is 0 Å². The van der Waals surface area contributed by atoms with E-state index in [1.54, 1.807) is 6.92 Å².